The first-order valence-electron chi connectivity index (χ1n) is 6.82. The molecule has 7 heteroatoms. The van der Waals surface area contributed by atoms with E-state index in [0.717, 1.165) is 5.56 Å². The summed E-state index contributed by atoms with van der Waals surface area (Å²) in [7, 11) is 0. The van der Waals surface area contributed by atoms with Gasteiger partial charge in [-0.25, -0.2) is 4.68 Å². The highest BCUT2D eigenvalue weighted by Crippen LogP contribution is 2.23. The molecule has 0 atom stereocenters. The molecule has 0 saturated carbocycles. The van der Waals surface area contributed by atoms with Gasteiger partial charge in [-0.1, -0.05) is 53.7 Å². The van der Waals surface area contributed by atoms with E-state index in [0.29, 0.717) is 21.6 Å². The van der Waals surface area contributed by atoms with E-state index in [9.17, 15) is 4.79 Å². The van der Waals surface area contributed by atoms with Gasteiger partial charge in [0.15, 0.2) is 11.6 Å². The van der Waals surface area contributed by atoms with Crippen LogP contribution in [0.4, 0.5) is 0 Å². The van der Waals surface area contributed by atoms with Crippen molar-refractivity contribution in [2.24, 2.45) is 0 Å². The third kappa shape index (κ3) is 3.55. The summed E-state index contributed by atoms with van der Waals surface area (Å²) >= 11 is 7.13. The molecule has 3 rings (SSSR count). The van der Waals surface area contributed by atoms with Gasteiger partial charge in [0.05, 0.1) is 5.75 Å². The molecule has 5 nitrogen and oxygen atoms in total. The second-order valence-corrected chi connectivity index (χ2v) is 6.14. The summed E-state index contributed by atoms with van der Waals surface area (Å²) in [4.78, 5) is 12.1. The maximum absolute atomic E-state index is 12.1. The summed E-state index contributed by atoms with van der Waals surface area (Å²) < 4.78 is 1.38. The molecular formula is C16H13ClN4OS. The predicted molar refractivity (Wildman–Crippen MR) is 92.1 cm³/mol. The Balaban J connectivity index is 1.72. The van der Waals surface area contributed by atoms with Crippen LogP contribution in [0.5, 0.6) is 0 Å². The van der Waals surface area contributed by atoms with Gasteiger partial charge in [0.1, 0.15) is 0 Å². The lowest BCUT2D eigenvalue weighted by Crippen LogP contribution is -2.12. The van der Waals surface area contributed by atoms with Crippen LogP contribution in [0.2, 0.25) is 5.02 Å². The van der Waals surface area contributed by atoms with Gasteiger partial charge in [0, 0.05) is 16.1 Å². The van der Waals surface area contributed by atoms with Crippen molar-refractivity contribution in [2.45, 2.75) is 5.16 Å². The second-order valence-electron chi connectivity index (χ2n) is 4.76. The van der Waals surface area contributed by atoms with E-state index >= 15 is 0 Å². The van der Waals surface area contributed by atoms with Crippen molar-refractivity contribution in [3.05, 3.63) is 65.2 Å². The molecule has 1 aromatic heterocycles. The van der Waals surface area contributed by atoms with Crippen molar-refractivity contribution >= 4 is 29.1 Å². The van der Waals surface area contributed by atoms with Crippen LogP contribution >= 0.6 is 23.4 Å². The molecule has 0 fully saturated rings. The van der Waals surface area contributed by atoms with Gasteiger partial charge in [-0.15, -0.1) is 10.2 Å². The fraction of sp³-hybridized carbons (Fsp3) is 0.0625. The van der Waals surface area contributed by atoms with Crippen molar-refractivity contribution in [3.8, 4) is 11.4 Å². The average molecular weight is 345 g/mol. The Bertz CT molecular complexity index is 818. The third-order valence-corrected chi connectivity index (χ3v) is 4.39. The van der Waals surface area contributed by atoms with E-state index in [1.165, 1.54) is 16.4 Å². The fourth-order valence-electron chi connectivity index (χ4n) is 2.01. The number of halogens is 1. The summed E-state index contributed by atoms with van der Waals surface area (Å²) in [6, 6.07) is 16.3. The van der Waals surface area contributed by atoms with Crippen LogP contribution < -0.4 is 5.84 Å². The summed E-state index contributed by atoms with van der Waals surface area (Å²) in [5, 5.41) is 9.25. The number of Topliss-reactive ketones (excluding diaryl/α,β-unsaturated/α-hetero) is 1. The number of nitrogens with zero attached hydrogens (tertiary/aromatic N) is 3. The Kier molecular flexibility index (Phi) is 4.64. The number of thioether (sulfide) groups is 1. The highest BCUT2D eigenvalue weighted by atomic mass is 35.5. The Morgan fingerprint density at radius 1 is 1.09 bits per heavy atom. The summed E-state index contributed by atoms with van der Waals surface area (Å²) in [6.07, 6.45) is 0. The molecule has 2 N–H and O–H groups in total. The van der Waals surface area contributed by atoms with Crippen molar-refractivity contribution < 1.29 is 4.79 Å². The molecule has 0 aliphatic heterocycles. The number of nitrogen functional groups attached to an aromatic ring is 1. The van der Waals surface area contributed by atoms with Gasteiger partial charge in [-0.05, 0) is 24.3 Å². The minimum Gasteiger partial charge on any atom is -0.335 e. The number of ketones is 1. The number of hydrogen-bond acceptors (Lipinski definition) is 5. The van der Waals surface area contributed by atoms with Crippen molar-refractivity contribution in [3.63, 3.8) is 0 Å². The maximum atomic E-state index is 12.1. The number of nitrogens with two attached hydrogens (primary N) is 1. The molecule has 2 aromatic carbocycles. The highest BCUT2D eigenvalue weighted by molar-refractivity contribution is 7.99. The summed E-state index contributed by atoms with van der Waals surface area (Å²) in [6.45, 7) is 0. The highest BCUT2D eigenvalue weighted by Gasteiger charge is 2.14. The van der Waals surface area contributed by atoms with Crippen molar-refractivity contribution in [1.82, 2.24) is 14.9 Å². The van der Waals surface area contributed by atoms with Gasteiger partial charge in [-0.2, -0.15) is 0 Å². The predicted octanol–water partition coefficient (Wildman–Crippen LogP) is 3.29. The molecule has 0 spiro atoms. The largest absolute Gasteiger partial charge is 0.335 e. The van der Waals surface area contributed by atoms with Crippen LogP contribution in [-0.4, -0.2) is 26.4 Å². The number of carbonyl (C=O) groups is 1. The molecule has 0 aliphatic carbocycles. The van der Waals surface area contributed by atoms with E-state index in [-0.39, 0.29) is 11.5 Å². The van der Waals surface area contributed by atoms with Crippen LogP contribution in [0.25, 0.3) is 11.4 Å². The first-order chi connectivity index (χ1) is 11.1. The number of carbonyl (C=O) groups excluding carboxylic acids is 1. The van der Waals surface area contributed by atoms with E-state index < -0.39 is 0 Å². The molecule has 0 saturated heterocycles. The number of aromatic nitrogens is 3. The zero-order valence-electron chi connectivity index (χ0n) is 12.0. The van der Waals surface area contributed by atoms with E-state index in [2.05, 4.69) is 10.2 Å². The molecule has 3 aromatic rings. The zero-order chi connectivity index (χ0) is 16.2. The number of benzene rings is 2. The Morgan fingerprint density at radius 3 is 2.48 bits per heavy atom. The Hall–Kier alpha value is -2.31. The molecule has 1 heterocycles. The lowest BCUT2D eigenvalue weighted by molar-refractivity contribution is 0.102. The SMILES string of the molecule is Nn1c(SCC(=O)c2ccccc2)nnc1-c1ccc(Cl)cc1. The molecular weight excluding hydrogens is 332 g/mol. The second kappa shape index (κ2) is 6.85. The van der Waals surface area contributed by atoms with Gasteiger partial charge in [-0.3, -0.25) is 4.79 Å². The molecule has 0 radical (unpaired) electrons. The molecule has 116 valence electrons. The van der Waals surface area contributed by atoms with Crippen molar-refractivity contribution in [1.29, 1.82) is 0 Å². The maximum Gasteiger partial charge on any atom is 0.210 e. The zero-order valence-corrected chi connectivity index (χ0v) is 13.6. The topological polar surface area (TPSA) is 73.8 Å². The van der Waals surface area contributed by atoms with Gasteiger partial charge >= 0.3 is 0 Å². The van der Waals surface area contributed by atoms with Gasteiger partial charge < -0.3 is 5.84 Å². The Morgan fingerprint density at radius 2 is 1.78 bits per heavy atom. The quantitative estimate of drug-likeness (QED) is 0.437. The van der Waals surface area contributed by atoms with Crippen LogP contribution in [0.1, 0.15) is 10.4 Å². The number of hydrogen-bond donors (Lipinski definition) is 1. The minimum absolute atomic E-state index is 0.0200. The summed E-state index contributed by atoms with van der Waals surface area (Å²) in [5.41, 5.74) is 1.48. The first-order valence-corrected chi connectivity index (χ1v) is 8.19. The van der Waals surface area contributed by atoms with Gasteiger partial charge in [0.2, 0.25) is 5.16 Å². The van der Waals surface area contributed by atoms with Crippen LogP contribution in [0.15, 0.2) is 59.8 Å². The van der Waals surface area contributed by atoms with Crippen molar-refractivity contribution in [2.75, 3.05) is 11.6 Å². The van der Waals surface area contributed by atoms with Crippen LogP contribution in [0, 0.1) is 0 Å². The molecule has 23 heavy (non-hydrogen) atoms. The standard InChI is InChI=1S/C16H13ClN4OS/c17-13-8-6-12(7-9-13)15-19-20-16(21(15)18)23-10-14(22)11-4-2-1-3-5-11/h1-9H,10,18H2. The number of rotatable bonds is 5. The van der Waals surface area contributed by atoms with Gasteiger partial charge in [0.25, 0.3) is 0 Å². The summed E-state index contributed by atoms with van der Waals surface area (Å²) in [5.74, 6) is 6.82. The third-order valence-electron chi connectivity index (χ3n) is 3.20. The minimum atomic E-state index is 0.0200. The van der Waals surface area contributed by atoms with E-state index in [1.54, 1.807) is 24.3 Å². The molecule has 0 bridgehead atoms. The smallest absolute Gasteiger partial charge is 0.210 e. The first kappa shape index (κ1) is 15.6. The molecule has 0 amide bonds. The Labute approximate surface area is 142 Å². The fourth-order valence-corrected chi connectivity index (χ4v) is 2.89. The molecule has 0 aliphatic rings. The van der Waals surface area contributed by atoms with Crippen LogP contribution in [0.3, 0.4) is 0 Å². The van der Waals surface area contributed by atoms with Crippen LogP contribution in [-0.2, 0) is 0 Å². The lowest BCUT2D eigenvalue weighted by Gasteiger charge is -2.04. The lowest BCUT2D eigenvalue weighted by atomic mass is 10.2. The van der Waals surface area contributed by atoms with E-state index in [4.69, 9.17) is 17.4 Å². The molecule has 0 unspecified atom stereocenters. The van der Waals surface area contributed by atoms with E-state index in [1.807, 2.05) is 30.3 Å². The monoisotopic (exact) mass is 344 g/mol. The average Bonchev–Trinajstić information content (AvgIpc) is 2.95. The normalized spacial score (nSPS) is 10.7.